The molecule has 0 radical (unpaired) electrons. The topological polar surface area (TPSA) is 99.4 Å². The van der Waals surface area contributed by atoms with Gasteiger partial charge in [0.15, 0.2) is 0 Å². The molecule has 114 valence electrons. The van der Waals surface area contributed by atoms with Crippen molar-refractivity contribution in [2.24, 2.45) is 33.7 Å². The SMILES string of the molecule is O=C(O)[C@H](CC1=NC=NC1)N1C(=O)[C@H]2[C@H](C1=O)[C@H]1C=C[C@H]2C1. The lowest BCUT2D eigenvalue weighted by molar-refractivity contribution is -0.155. The van der Waals surface area contributed by atoms with Gasteiger partial charge in [-0.05, 0) is 18.3 Å². The fourth-order valence-corrected chi connectivity index (χ4v) is 4.17. The van der Waals surface area contributed by atoms with Crippen LogP contribution in [-0.2, 0) is 14.4 Å². The highest BCUT2D eigenvalue weighted by Gasteiger charge is 2.61. The van der Waals surface area contributed by atoms with Crippen LogP contribution in [0.3, 0.4) is 0 Å². The molecule has 1 saturated heterocycles. The van der Waals surface area contributed by atoms with Gasteiger partial charge in [-0.15, -0.1) is 0 Å². The molecule has 2 aliphatic heterocycles. The van der Waals surface area contributed by atoms with Crippen molar-refractivity contribution in [3.63, 3.8) is 0 Å². The summed E-state index contributed by atoms with van der Waals surface area (Å²) in [7, 11) is 0. The minimum absolute atomic E-state index is 0.0506. The Balaban J connectivity index is 1.62. The van der Waals surface area contributed by atoms with Crippen molar-refractivity contribution >= 4 is 29.8 Å². The van der Waals surface area contributed by atoms with Crippen molar-refractivity contribution in [2.75, 3.05) is 6.54 Å². The van der Waals surface area contributed by atoms with E-state index < -0.39 is 12.0 Å². The number of aliphatic imine (C=N–C) groups is 2. The maximum atomic E-state index is 12.6. The van der Waals surface area contributed by atoms with Crippen LogP contribution in [0.2, 0.25) is 0 Å². The zero-order valence-electron chi connectivity index (χ0n) is 11.8. The van der Waals surface area contributed by atoms with Crippen LogP contribution < -0.4 is 0 Å². The first-order chi connectivity index (χ1) is 10.6. The van der Waals surface area contributed by atoms with E-state index in [1.165, 1.54) is 6.34 Å². The first kappa shape index (κ1) is 13.4. The molecule has 0 aromatic rings. The van der Waals surface area contributed by atoms with Crippen molar-refractivity contribution < 1.29 is 19.5 Å². The van der Waals surface area contributed by atoms with E-state index in [1.807, 2.05) is 12.2 Å². The van der Waals surface area contributed by atoms with E-state index in [-0.39, 0.29) is 41.9 Å². The molecule has 0 aromatic heterocycles. The monoisotopic (exact) mass is 301 g/mol. The lowest BCUT2D eigenvalue weighted by atomic mass is 9.85. The number of hydrogen-bond acceptors (Lipinski definition) is 5. The second-order valence-electron chi connectivity index (χ2n) is 6.26. The molecule has 4 aliphatic rings. The minimum Gasteiger partial charge on any atom is -0.480 e. The maximum absolute atomic E-state index is 12.6. The summed E-state index contributed by atoms with van der Waals surface area (Å²) < 4.78 is 0. The predicted molar refractivity (Wildman–Crippen MR) is 76.4 cm³/mol. The van der Waals surface area contributed by atoms with Crippen molar-refractivity contribution in [2.45, 2.75) is 18.9 Å². The summed E-state index contributed by atoms with van der Waals surface area (Å²) in [5.41, 5.74) is 0.589. The van der Waals surface area contributed by atoms with Gasteiger partial charge in [0.1, 0.15) is 12.4 Å². The zero-order chi connectivity index (χ0) is 15.4. The second-order valence-corrected chi connectivity index (χ2v) is 6.26. The Bertz CT molecular complexity index is 636. The number of carboxylic acids is 1. The minimum atomic E-state index is -1.18. The van der Waals surface area contributed by atoms with E-state index >= 15 is 0 Å². The first-order valence-electron chi connectivity index (χ1n) is 7.40. The van der Waals surface area contributed by atoms with Gasteiger partial charge in [0.05, 0.1) is 18.4 Å². The van der Waals surface area contributed by atoms with Gasteiger partial charge in [-0.1, -0.05) is 12.2 Å². The zero-order valence-corrected chi connectivity index (χ0v) is 11.8. The van der Waals surface area contributed by atoms with Gasteiger partial charge >= 0.3 is 5.97 Å². The van der Waals surface area contributed by atoms with Gasteiger partial charge in [-0.2, -0.15) is 0 Å². The molecule has 2 heterocycles. The Morgan fingerprint density at radius 1 is 1.27 bits per heavy atom. The maximum Gasteiger partial charge on any atom is 0.327 e. The Morgan fingerprint density at radius 3 is 2.41 bits per heavy atom. The molecule has 1 saturated carbocycles. The number of allylic oxidation sites excluding steroid dienone is 2. The van der Waals surface area contributed by atoms with E-state index in [2.05, 4.69) is 9.98 Å². The van der Waals surface area contributed by atoms with Crippen LogP contribution in [0.15, 0.2) is 22.1 Å². The molecular weight excluding hydrogens is 286 g/mol. The number of hydrogen-bond donors (Lipinski definition) is 1. The molecule has 7 nitrogen and oxygen atoms in total. The van der Waals surface area contributed by atoms with Gasteiger partial charge < -0.3 is 5.11 Å². The Hall–Kier alpha value is -2.31. The molecule has 2 fully saturated rings. The van der Waals surface area contributed by atoms with Gasteiger partial charge in [0, 0.05) is 12.1 Å². The molecule has 5 atom stereocenters. The van der Waals surface area contributed by atoms with Gasteiger partial charge in [-0.3, -0.25) is 19.5 Å². The van der Waals surface area contributed by atoms with Crippen LogP contribution in [0, 0.1) is 23.7 Å². The van der Waals surface area contributed by atoms with Crippen LogP contribution in [0.5, 0.6) is 0 Å². The van der Waals surface area contributed by atoms with Crippen LogP contribution in [-0.4, -0.2) is 52.4 Å². The molecule has 1 N–H and O–H groups in total. The second kappa shape index (κ2) is 4.59. The van der Waals surface area contributed by atoms with E-state index in [9.17, 15) is 19.5 Å². The molecule has 0 unspecified atom stereocenters. The van der Waals surface area contributed by atoms with Crippen molar-refractivity contribution in [3.8, 4) is 0 Å². The number of imide groups is 1. The molecule has 4 rings (SSSR count). The quantitative estimate of drug-likeness (QED) is 0.589. The number of carbonyl (C=O) groups excluding carboxylic acids is 2. The lowest BCUT2D eigenvalue weighted by Gasteiger charge is -2.24. The fourth-order valence-electron chi connectivity index (χ4n) is 4.17. The molecule has 22 heavy (non-hydrogen) atoms. The van der Waals surface area contributed by atoms with Gasteiger partial charge in [-0.25, -0.2) is 9.79 Å². The van der Waals surface area contributed by atoms with E-state index in [0.717, 1.165) is 11.3 Å². The number of amides is 2. The lowest BCUT2D eigenvalue weighted by Crippen LogP contribution is -2.47. The smallest absolute Gasteiger partial charge is 0.327 e. The largest absolute Gasteiger partial charge is 0.480 e. The predicted octanol–water partition coefficient (Wildman–Crippen LogP) is 0.120. The number of aliphatic carboxylic acids is 1. The fraction of sp³-hybridized carbons (Fsp3) is 0.533. The number of nitrogens with zero attached hydrogens (tertiary/aromatic N) is 3. The molecule has 2 bridgehead atoms. The highest BCUT2D eigenvalue weighted by molar-refractivity contribution is 6.10. The summed E-state index contributed by atoms with van der Waals surface area (Å²) >= 11 is 0. The molecule has 0 spiro atoms. The van der Waals surface area contributed by atoms with Crippen LogP contribution in [0.25, 0.3) is 0 Å². The van der Waals surface area contributed by atoms with E-state index in [4.69, 9.17) is 0 Å². The van der Waals surface area contributed by atoms with Crippen LogP contribution in [0.4, 0.5) is 0 Å². The van der Waals surface area contributed by atoms with E-state index in [0.29, 0.717) is 12.3 Å². The van der Waals surface area contributed by atoms with Gasteiger partial charge in [0.2, 0.25) is 11.8 Å². The number of fused-ring (bicyclic) bond motifs is 5. The summed E-state index contributed by atoms with van der Waals surface area (Å²) in [6, 6.07) is -1.18. The summed E-state index contributed by atoms with van der Waals surface area (Å²) in [6.45, 7) is 0.333. The van der Waals surface area contributed by atoms with Gasteiger partial charge in [0.25, 0.3) is 0 Å². The summed E-state index contributed by atoms with van der Waals surface area (Å²) in [5.74, 6) is -2.41. The normalized spacial score (nSPS) is 36.2. The standard InChI is InChI=1S/C15H15N3O4/c19-13-11-7-1-2-8(3-7)12(11)14(20)18(13)10(15(21)22)4-9-5-16-6-17-9/h1-2,6-8,10-12H,3-5H2,(H,21,22)/t7-,8-,10-,11+,12+/m0/s1. The average Bonchev–Trinajstić information content (AvgIpc) is 3.23. The number of carboxylic acid groups (broad SMARTS) is 1. The molecular formula is C15H15N3O4. The Labute approximate surface area is 126 Å². The number of likely N-dealkylation sites (tertiary alicyclic amines) is 1. The van der Waals surface area contributed by atoms with Crippen LogP contribution in [0.1, 0.15) is 12.8 Å². The summed E-state index contributed by atoms with van der Waals surface area (Å²) in [5, 5.41) is 9.48. The van der Waals surface area contributed by atoms with Crippen molar-refractivity contribution in [1.29, 1.82) is 0 Å². The molecule has 2 aliphatic carbocycles. The third-order valence-corrected chi connectivity index (χ3v) is 5.13. The van der Waals surface area contributed by atoms with E-state index in [1.54, 1.807) is 0 Å². The third kappa shape index (κ3) is 1.71. The molecule has 7 heteroatoms. The average molecular weight is 301 g/mol. The van der Waals surface area contributed by atoms with Crippen molar-refractivity contribution in [1.82, 2.24) is 4.90 Å². The Kier molecular flexibility index (Phi) is 2.79. The molecule has 0 aromatic carbocycles. The Morgan fingerprint density at radius 2 is 1.91 bits per heavy atom. The summed E-state index contributed by atoms with van der Waals surface area (Å²) in [4.78, 5) is 45.8. The van der Waals surface area contributed by atoms with Crippen molar-refractivity contribution in [3.05, 3.63) is 12.2 Å². The highest BCUT2D eigenvalue weighted by atomic mass is 16.4. The number of rotatable bonds is 4. The molecule has 2 amide bonds. The summed E-state index contributed by atoms with van der Waals surface area (Å²) in [6.07, 6.45) is 6.24. The van der Waals surface area contributed by atoms with Crippen LogP contribution >= 0.6 is 0 Å². The first-order valence-corrected chi connectivity index (χ1v) is 7.40. The highest BCUT2D eigenvalue weighted by Crippen LogP contribution is 2.52. The number of carbonyl (C=O) groups is 3. The third-order valence-electron chi connectivity index (χ3n) is 5.13.